The third-order valence-corrected chi connectivity index (χ3v) is 3.20. The van der Waals surface area contributed by atoms with Gasteiger partial charge in [0.25, 0.3) is 0 Å². The van der Waals surface area contributed by atoms with Crippen molar-refractivity contribution in [1.82, 2.24) is 5.32 Å². The Morgan fingerprint density at radius 3 is 2.89 bits per heavy atom. The maximum Gasteiger partial charge on any atom is 0.176 e. The van der Waals surface area contributed by atoms with E-state index in [1.54, 1.807) is 18.2 Å². The fourth-order valence-electron chi connectivity index (χ4n) is 2.36. The normalized spacial score (nSPS) is 15.6. The second-order valence-electron chi connectivity index (χ2n) is 4.37. The van der Waals surface area contributed by atoms with Crippen LogP contribution >= 0.6 is 0 Å². The van der Waals surface area contributed by atoms with E-state index in [0.29, 0.717) is 6.54 Å². The molecule has 3 rings (SSSR count). The van der Waals surface area contributed by atoms with Gasteiger partial charge in [-0.3, -0.25) is 0 Å². The summed E-state index contributed by atoms with van der Waals surface area (Å²) in [7, 11) is 0. The molecule has 2 aromatic carbocycles. The first kappa shape index (κ1) is 11.4. The van der Waals surface area contributed by atoms with Crippen molar-refractivity contribution in [3.8, 4) is 28.8 Å². The molecule has 0 aromatic heterocycles. The third-order valence-electron chi connectivity index (χ3n) is 3.20. The molecule has 0 saturated heterocycles. The second kappa shape index (κ2) is 4.54. The van der Waals surface area contributed by atoms with Gasteiger partial charge in [0.1, 0.15) is 17.6 Å². The number of rotatable bonds is 2. The molecule has 1 aliphatic heterocycles. The number of hydrogen-bond acceptors (Lipinski definition) is 4. The number of nitrogens with zero attached hydrogens (tertiary/aromatic N) is 1. The Morgan fingerprint density at radius 1 is 1.21 bits per heavy atom. The van der Waals surface area contributed by atoms with Gasteiger partial charge in [-0.15, -0.1) is 0 Å². The minimum Gasteiger partial charge on any atom is -0.508 e. The zero-order valence-corrected chi connectivity index (χ0v) is 10.1. The number of ether oxygens (including phenoxy) is 1. The molecule has 1 aliphatic rings. The Balaban J connectivity index is 2.10. The van der Waals surface area contributed by atoms with Crippen molar-refractivity contribution in [1.29, 1.82) is 5.26 Å². The van der Waals surface area contributed by atoms with Gasteiger partial charge in [0, 0.05) is 11.1 Å². The van der Waals surface area contributed by atoms with Crippen LogP contribution in [0, 0.1) is 11.5 Å². The van der Waals surface area contributed by atoms with Crippen molar-refractivity contribution in [2.45, 2.75) is 6.10 Å². The molecule has 0 aliphatic carbocycles. The van der Waals surface area contributed by atoms with Crippen LogP contribution in [0.5, 0.6) is 11.5 Å². The van der Waals surface area contributed by atoms with Gasteiger partial charge < -0.3 is 15.2 Å². The molecule has 0 fully saturated rings. The van der Waals surface area contributed by atoms with Crippen molar-refractivity contribution in [3.05, 3.63) is 48.0 Å². The minimum absolute atomic E-state index is 0.201. The van der Waals surface area contributed by atoms with Crippen LogP contribution in [0.4, 0.5) is 0 Å². The van der Waals surface area contributed by atoms with E-state index < -0.39 is 0 Å². The van der Waals surface area contributed by atoms with Crippen LogP contribution in [0.2, 0.25) is 0 Å². The van der Waals surface area contributed by atoms with Crippen LogP contribution in [0.15, 0.2) is 42.5 Å². The van der Waals surface area contributed by atoms with E-state index in [1.807, 2.05) is 30.5 Å². The van der Waals surface area contributed by atoms with Crippen molar-refractivity contribution in [2.24, 2.45) is 0 Å². The number of nitrogens with one attached hydrogen (secondary N) is 1. The van der Waals surface area contributed by atoms with Crippen LogP contribution in [0.3, 0.4) is 0 Å². The fourth-order valence-corrected chi connectivity index (χ4v) is 2.36. The highest BCUT2D eigenvalue weighted by Gasteiger charge is 2.25. The quantitative estimate of drug-likeness (QED) is 0.637. The molecule has 1 atom stereocenters. The summed E-state index contributed by atoms with van der Waals surface area (Å²) >= 11 is 0. The molecule has 0 bridgehead atoms. The summed E-state index contributed by atoms with van der Waals surface area (Å²) < 4.78 is 5.89. The lowest BCUT2D eigenvalue weighted by atomic mass is 9.92. The summed E-state index contributed by atoms with van der Waals surface area (Å²) in [4.78, 5) is 0. The molecule has 1 unspecified atom stereocenters. The zero-order valence-electron chi connectivity index (χ0n) is 10.1. The van der Waals surface area contributed by atoms with Crippen LogP contribution in [-0.4, -0.2) is 11.7 Å². The largest absolute Gasteiger partial charge is 0.508 e. The number of aromatic hydroxyl groups is 1. The van der Waals surface area contributed by atoms with Crippen LogP contribution in [0.1, 0.15) is 11.7 Å². The minimum atomic E-state index is -0.201. The average Bonchev–Trinajstić information content (AvgIpc) is 2.45. The average molecular weight is 252 g/mol. The molecule has 0 amide bonds. The van der Waals surface area contributed by atoms with Gasteiger partial charge in [-0.2, -0.15) is 5.26 Å². The first-order valence-electron chi connectivity index (χ1n) is 6.00. The highest BCUT2D eigenvalue weighted by Crippen LogP contribution is 2.43. The van der Waals surface area contributed by atoms with Gasteiger partial charge in [0.15, 0.2) is 6.19 Å². The molecule has 1 heterocycles. The standard InChI is InChI=1S/C15H12N2O2/c16-9-17-8-15-12-4-2-1-3-11(12)13-7-10(18)5-6-14(13)19-15/h1-7,15,17-18H,8H2. The van der Waals surface area contributed by atoms with Gasteiger partial charge in [-0.25, -0.2) is 0 Å². The van der Waals surface area contributed by atoms with E-state index in [2.05, 4.69) is 5.32 Å². The maximum absolute atomic E-state index is 9.61. The Morgan fingerprint density at radius 2 is 2.05 bits per heavy atom. The molecule has 2 N–H and O–H groups in total. The smallest absolute Gasteiger partial charge is 0.176 e. The van der Waals surface area contributed by atoms with Crippen molar-refractivity contribution >= 4 is 0 Å². The van der Waals surface area contributed by atoms with E-state index >= 15 is 0 Å². The molecule has 2 aromatic rings. The van der Waals surface area contributed by atoms with Crippen molar-refractivity contribution < 1.29 is 9.84 Å². The summed E-state index contributed by atoms with van der Waals surface area (Å²) in [5, 5.41) is 20.9. The van der Waals surface area contributed by atoms with E-state index in [0.717, 1.165) is 22.4 Å². The number of fused-ring (bicyclic) bond motifs is 3. The molecule has 4 heteroatoms. The van der Waals surface area contributed by atoms with Gasteiger partial charge in [0.2, 0.25) is 0 Å². The predicted molar refractivity (Wildman–Crippen MR) is 70.5 cm³/mol. The number of benzene rings is 2. The monoisotopic (exact) mass is 252 g/mol. The molecular formula is C15H12N2O2. The number of phenolic OH excluding ortho intramolecular Hbond substituents is 1. The van der Waals surface area contributed by atoms with Gasteiger partial charge in [0.05, 0.1) is 6.54 Å². The first-order valence-corrected chi connectivity index (χ1v) is 6.00. The molecular weight excluding hydrogens is 240 g/mol. The lowest BCUT2D eigenvalue weighted by molar-refractivity contribution is 0.204. The van der Waals surface area contributed by atoms with E-state index in [-0.39, 0.29) is 11.9 Å². The Hall–Kier alpha value is -2.67. The first-order chi connectivity index (χ1) is 9.29. The van der Waals surface area contributed by atoms with E-state index in [1.165, 1.54) is 0 Å². The van der Waals surface area contributed by atoms with Gasteiger partial charge >= 0.3 is 0 Å². The summed E-state index contributed by atoms with van der Waals surface area (Å²) in [6.07, 6.45) is 1.71. The highest BCUT2D eigenvalue weighted by molar-refractivity contribution is 5.76. The summed E-state index contributed by atoms with van der Waals surface area (Å²) in [6.45, 7) is 0.424. The second-order valence-corrected chi connectivity index (χ2v) is 4.37. The number of phenols is 1. The van der Waals surface area contributed by atoms with Gasteiger partial charge in [-0.05, 0) is 23.8 Å². The van der Waals surface area contributed by atoms with Crippen LogP contribution in [0.25, 0.3) is 11.1 Å². The third kappa shape index (κ3) is 1.95. The Kier molecular flexibility index (Phi) is 2.73. The summed E-state index contributed by atoms with van der Waals surface area (Å²) in [5.74, 6) is 0.937. The summed E-state index contributed by atoms with van der Waals surface area (Å²) in [5.41, 5.74) is 2.93. The Labute approximate surface area is 110 Å². The molecule has 0 spiro atoms. The van der Waals surface area contributed by atoms with E-state index in [4.69, 9.17) is 10.00 Å². The maximum atomic E-state index is 9.61. The van der Waals surface area contributed by atoms with Crippen molar-refractivity contribution in [2.75, 3.05) is 6.54 Å². The SMILES string of the molecule is N#CNCC1Oc2ccc(O)cc2-c2ccccc21. The lowest BCUT2D eigenvalue weighted by Gasteiger charge is -2.28. The molecule has 0 radical (unpaired) electrons. The molecule has 19 heavy (non-hydrogen) atoms. The number of hydrogen-bond donors (Lipinski definition) is 2. The van der Waals surface area contributed by atoms with Crippen molar-refractivity contribution in [3.63, 3.8) is 0 Å². The van der Waals surface area contributed by atoms with Crippen LogP contribution < -0.4 is 10.1 Å². The summed E-state index contributed by atoms with van der Waals surface area (Å²) in [6, 6.07) is 12.9. The lowest BCUT2D eigenvalue weighted by Crippen LogP contribution is -2.24. The fraction of sp³-hybridized carbons (Fsp3) is 0.133. The number of nitriles is 1. The van der Waals surface area contributed by atoms with Gasteiger partial charge in [-0.1, -0.05) is 24.3 Å². The molecule has 94 valence electrons. The van der Waals surface area contributed by atoms with Crippen LogP contribution in [-0.2, 0) is 0 Å². The molecule has 0 saturated carbocycles. The Bertz CT molecular complexity index is 661. The topological polar surface area (TPSA) is 65.3 Å². The van der Waals surface area contributed by atoms with E-state index in [9.17, 15) is 5.11 Å². The molecule has 4 nitrogen and oxygen atoms in total. The zero-order chi connectivity index (χ0) is 13.2. The highest BCUT2D eigenvalue weighted by atomic mass is 16.5. The predicted octanol–water partition coefficient (Wildman–Crippen LogP) is 2.56.